The fourth-order valence-electron chi connectivity index (χ4n) is 2.01. The highest BCUT2D eigenvalue weighted by molar-refractivity contribution is 6.06. The largest absolute Gasteiger partial charge is 0.482 e. The van der Waals surface area contributed by atoms with Crippen molar-refractivity contribution in [2.75, 3.05) is 13.2 Å². The highest BCUT2D eigenvalue weighted by Crippen LogP contribution is 2.14. The van der Waals surface area contributed by atoms with E-state index < -0.39 is 5.97 Å². The van der Waals surface area contributed by atoms with Crippen LogP contribution < -0.4 is 4.74 Å². The molecule has 0 bridgehead atoms. The predicted molar refractivity (Wildman–Crippen MR) is 93.1 cm³/mol. The van der Waals surface area contributed by atoms with Gasteiger partial charge in [-0.1, -0.05) is 48.0 Å². The van der Waals surface area contributed by atoms with E-state index in [1.54, 1.807) is 31.2 Å². The van der Waals surface area contributed by atoms with Gasteiger partial charge in [0, 0.05) is 5.56 Å². The Kier molecular flexibility index (Phi) is 6.32. The number of rotatable bonds is 7. The molecule has 0 spiro atoms. The van der Waals surface area contributed by atoms with Gasteiger partial charge in [0.25, 0.3) is 0 Å². The van der Waals surface area contributed by atoms with Crippen LogP contribution in [-0.4, -0.2) is 25.0 Å². The molecule has 0 aromatic heterocycles. The van der Waals surface area contributed by atoms with Gasteiger partial charge >= 0.3 is 5.97 Å². The molecule has 0 atom stereocenters. The number of ether oxygens (including phenoxy) is 2. The molecular weight excluding hydrogens is 304 g/mol. The summed E-state index contributed by atoms with van der Waals surface area (Å²) in [5, 5.41) is 0. The van der Waals surface area contributed by atoms with E-state index in [4.69, 9.17) is 9.47 Å². The van der Waals surface area contributed by atoms with Gasteiger partial charge in [-0.25, -0.2) is 4.79 Å². The van der Waals surface area contributed by atoms with E-state index in [0.29, 0.717) is 17.9 Å². The molecule has 0 N–H and O–H groups in total. The Morgan fingerprint density at radius 1 is 1.00 bits per heavy atom. The molecule has 24 heavy (non-hydrogen) atoms. The molecule has 0 aliphatic heterocycles. The van der Waals surface area contributed by atoms with Crippen molar-refractivity contribution in [3.8, 4) is 5.75 Å². The van der Waals surface area contributed by atoms with Gasteiger partial charge in [0.05, 0.1) is 6.61 Å². The zero-order valence-electron chi connectivity index (χ0n) is 13.8. The molecule has 0 amide bonds. The summed E-state index contributed by atoms with van der Waals surface area (Å²) in [6.07, 6.45) is 3.29. The topological polar surface area (TPSA) is 52.6 Å². The number of benzene rings is 2. The Morgan fingerprint density at radius 2 is 1.67 bits per heavy atom. The summed E-state index contributed by atoms with van der Waals surface area (Å²) in [7, 11) is 0. The van der Waals surface area contributed by atoms with E-state index in [9.17, 15) is 9.59 Å². The number of hydrogen-bond donors (Lipinski definition) is 0. The third-order valence-electron chi connectivity index (χ3n) is 3.31. The van der Waals surface area contributed by atoms with Gasteiger partial charge in [-0.15, -0.1) is 0 Å². The van der Waals surface area contributed by atoms with Crippen LogP contribution in [0.2, 0.25) is 0 Å². The van der Waals surface area contributed by atoms with Crippen LogP contribution in [0, 0.1) is 6.92 Å². The van der Waals surface area contributed by atoms with E-state index in [2.05, 4.69) is 0 Å². The number of hydrogen-bond acceptors (Lipinski definition) is 4. The van der Waals surface area contributed by atoms with Crippen LogP contribution in [0.4, 0.5) is 0 Å². The molecule has 2 aromatic rings. The maximum absolute atomic E-state index is 12.1. The summed E-state index contributed by atoms with van der Waals surface area (Å²) in [6.45, 7) is 3.95. The van der Waals surface area contributed by atoms with Gasteiger partial charge in [0.2, 0.25) is 0 Å². The monoisotopic (exact) mass is 324 g/mol. The van der Waals surface area contributed by atoms with Gasteiger partial charge in [-0.3, -0.25) is 4.79 Å². The average molecular weight is 324 g/mol. The molecule has 4 heteroatoms. The lowest BCUT2D eigenvalue weighted by Crippen LogP contribution is -2.14. The number of aryl methyl sites for hydroxylation is 1. The van der Waals surface area contributed by atoms with E-state index in [1.165, 1.54) is 0 Å². The quantitative estimate of drug-likeness (QED) is 0.441. The number of carbonyl (C=O) groups excluding carboxylic acids is 2. The molecule has 124 valence electrons. The van der Waals surface area contributed by atoms with Crippen LogP contribution >= 0.6 is 0 Å². The van der Waals surface area contributed by atoms with Crippen molar-refractivity contribution >= 4 is 17.8 Å². The molecule has 0 aliphatic rings. The van der Waals surface area contributed by atoms with Crippen LogP contribution in [0.15, 0.2) is 54.6 Å². The van der Waals surface area contributed by atoms with Crippen molar-refractivity contribution in [3.05, 3.63) is 71.3 Å². The summed E-state index contributed by atoms with van der Waals surface area (Å²) in [5.74, 6) is 0.132. The maximum Gasteiger partial charge on any atom is 0.344 e. The summed E-state index contributed by atoms with van der Waals surface area (Å²) >= 11 is 0. The molecule has 0 unspecified atom stereocenters. The van der Waals surface area contributed by atoms with Crippen LogP contribution in [0.1, 0.15) is 28.4 Å². The molecule has 0 saturated heterocycles. The lowest BCUT2D eigenvalue weighted by Gasteiger charge is -2.05. The van der Waals surface area contributed by atoms with Crippen LogP contribution in [-0.2, 0) is 9.53 Å². The first-order valence-electron chi connectivity index (χ1n) is 7.76. The number of allylic oxidation sites excluding steroid dienone is 1. The predicted octanol–water partition coefficient (Wildman–Crippen LogP) is 3.83. The second-order valence-electron chi connectivity index (χ2n) is 5.23. The summed E-state index contributed by atoms with van der Waals surface area (Å²) < 4.78 is 10.1. The van der Waals surface area contributed by atoms with Crippen LogP contribution in [0.3, 0.4) is 0 Å². The average Bonchev–Trinajstić information content (AvgIpc) is 2.59. The van der Waals surface area contributed by atoms with Crippen molar-refractivity contribution in [3.63, 3.8) is 0 Å². The van der Waals surface area contributed by atoms with Gasteiger partial charge in [0.1, 0.15) is 5.75 Å². The summed E-state index contributed by atoms with van der Waals surface area (Å²) in [4.78, 5) is 23.3. The Balaban J connectivity index is 1.92. The van der Waals surface area contributed by atoms with Crippen molar-refractivity contribution in [1.82, 2.24) is 0 Å². The Morgan fingerprint density at radius 3 is 2.29 bits per heavy atom. The minimum atomic E-state index is -0.398. The molecule has 2 aromatic carbocycles. The molecule has 4 nitrogen and oxygen atoms in total. The molecule has 0 radical (unpaired) electrons. The first kappa shape index (κ1) is 17.5. The SMILES string of the molecule is CCOC(=O)COc1ccc(/C=C/C(=O)c2ccc(C)cc2)cc1. The van der Waals surface area contributed by atoms with Gasteiger partial charge in [-0.2, -0.15) is 0 Å². The van der Waals surface area contributed by atoms with Gasteiger partial charge in [0.15, 0.2) is 12.4 Å². The van der Waals surface area contributed by atoms with Gasteiger partial charge < -0.3 is 9.47 Å². The molecule has 2 rings (SSSR count). The highest BCUT2D eigenvalue weighted by Gasteiger charge is 2.03. The number of carbonyl (C=O) groups is 2. The Labute approximate surface area is 141 Å². The third kappa shape index (κ3) is 5.39. The van der Waals surface area contributed by atoms with E-state index in [0.717, 1.165) is 11.1 Å². The van der Waals surface area contributed by atoms with Crippen molar-refractivity contribution < 1.29 is 19.1 Å². The number of esters is 1. The highest BCUT2D eigenvalue weighted by atomic mass is 16.6. The summed E-state index contributed by atoms with van der Waals surface area (Å²) in [5.41, 5.74) is 2.65. The molecular formula is C20H20O4. The first-order chi connectivity index (χ1) is 11.6. The Bertz CT molecular complexity index is 712. The van der Waals surface area contributed by atoms with Crippen molar-refractivity contribution in [2.45, 2.75) is 13.8 Å². The fourth-order valence-corrected chi connectivity index (χ4v) is 2.01. The van der Waals surface area contributed by atoms with Gasteiger partial charge in [-0.05, 0) is 37.6 Å². The van der Waals surface area contributed by atoms with E-state index >= 15 is 0 Å². The molecule has 0 fully saturated rings. The zero-order valence-corrected chi connectivity index (χ0v) is 13.8. The minimum Gasteiger partial charge on any atom is -0.482 e. The zero-order chi connectivity index (χ0) is 17.4. The first-order valence-corrected chi connectivity index (χ1v) is 7.76. The smallest absolute Gasteiger partial charge is 0.344 e. The molecule has 0 aliphatic carbocycles. The standard InChI is InChI=1S/C20H20O4/c1-3-23-20(22)14-24-18-11-6-16(7-12-18)8-13-19(21)17-9-4-15(2)5-10-17/h4-13H,3,14H2,1-2H3/b13-8+. The van der Waals surface area contributed by atoms with Crippen LogP contribution in [0.5, 0.6) is 5.75 Å². The second kappa shape index (κ2) is 8.67. The lowest BCUT2D eigenvalue weighted by molar-refractivity contribution is -0.145. The van der Waals surface area contributed by atoms with Crippen molar-refractivity contribution in [1.29, 1.82) is 0 Å². The normalized spacial score (nSPS) is 10.6. The van der Waals surface area contributed by atoms with Crippen LogP contribution in [0.25, 0.3) is 6.08 Å². The minimum absolute atomic E-state index is 0.0439. The lowest BCUT2D eigenvalue weighted by atomic mass is 10.1. The van der Waals surface area contributed by atoms with E-state index in [1.807, 2.05) is 43.3 Å². The Hall–Kier alpha value is -2.88. The maximum atomic E-state index is 12.1. The summed E-state index contributed by atoms with van der Waals surface area (Å²) in [6, 6.07) is 14.6. The third-order valence-corrected chi connectivity index (χ3v) is 3.31. The molecule has 0 saturated carbocycles. The number of ketones is 1. The van der Waals surface area contributed by atoms with E-state index in [-0.39, 0.29) is 12.4 Å². The van der Waals surface area contributed by atoms with Crippen molar-refractivity contribution in [2.24, 2.45) is 0 Å². The fraction of sp³-hybridized carbons (Fsp3) is 0.200. The molecule has 0 heterocycles. The second-order valence-corrected chi connectivity index (χ2v) is 5.23.